The average Bonchev–Trinajstić information content (AvgIpc) is 2.31. The minimum atomic E-state index is -3.44. The summed E-state index contributed by atoms with van der Waals surface area (Å²) < 4.78 is 28.6. The van der Waals surface area contributed by atoms with Crippen LogP contribution in [0.1, 0.15) is 18.9 Å². The van der Waals surface area contributed by atoms with E-state index in [1.165, 1.54) is 0 Å². The van der Waals surface area contributed by atoms with Gasteiger partial charge in [-0.3, -0.25) is 0 Å². The van der Waals surface area contributed by atoms with Gasteiger partial charge in [-0.1, -0.05) is 22.9 Å². The lowest BCUT2D eigenvalue weighted by Gasteiger charge is -2.30. The normalized spacial score (nSPS) is 24.4. The standard InChI is InChI=1S/C13H19BrN2O2S/c1-9-7-11(14)3-4-13(9)19(17,18)16-12-5-6-15-8-10(12)2/h3-4,7,10,12,15-16H,5-6,8H2,1-2H3. The van der Waals surface area contributed by atoms with Crippen molar-refractivity contribution in [3.63, 3.8) is 0 Å². The topological polar surface area (TPSA) is 58.2 Å². The third kappa shape index (κ3) is 3.56. The van der Waals surface area contributed by atoms with Gasteiger partial charge in [0.2, 0.25) is 10.0 Å². The lowest BCUT2D eigenvalue weighted by Crippen LogP contribution is -2.48. The summed E-state index contributed by atoms with van der Waals surface area (Å²) in [5.41, 5.74) is 0.753. The monoisotopic (exact) mass is 346 g/mol. The molecule has 0 spiro atoms. The Morgan fingerprint density at radius 3 is 2.79 bits per heavy atom. The van der Waals surface area contributed by atoms with Crippen LogP contribution in [0, 0.1) is 12.8 Å². The Morgan fingerprint density at radius 1 is 1.42 bits per heavy atom. The quantitative estimate of drug-likeness (QED) is 0.880. The Kier molecular flexibility index (Phi) is 4.66. The van der Waals surface area contributed by atoms with Gasteiger partial charge in [-0.2, -0.15) is 0 Å². The lowest BCUT2D eigenvalue weighted by atomic mass is 9.97. The van der Waals surface area contributed by atoms with Crippen molar-refractivity contribution in [2.45, 2.75) is 31.2 Å². The molecule has 0 bridgehead atoms. The first kappa shape index (κ1) is 15.0. The largest absolute Gasteiger partial charge is 0.316 e. The fourth-order valence-corrected chi connectivity index (χ4v) is 4.45. The van der Waals surface area contributed by atoms with Crippen molar-refractivity contribution in [1.82, 2.24) is 10.0 Å². The highest BCUT2D eigenvalue weighted by molar-refractivity contribution is 9.10. The highest BCUT2D eigenvalue weighted by Crippen LogP contribution is 2.21. The minimum absolute atomic E-state index is 0.00861. The highest BCUT2D eigenvalue weighted by atomic mass is 79.9. The molecule has 0 radical (unpaired) electrons. The SMILES string of the molecule is Cc1cc(Br)ccc1S(=O)(=O)NC1CCNCC1C. The third-order valence-corrected chi connectivity index (χ3v) is 5.66. The van der Waals surface area contributed by atoms with Gasteiger partial charge in [-0.15, -0.1) is 0 Å². The molecule has 0 aliphatic carbocycles. The maximum absolute atomic E-state index is 12.4. The zero-order valence-corrected chi connectivity index (χ0v) is 13.5. The molecular weight excluding hydrogens is 328 g/mol. The number of sulfonamides is 1. The van der Waals surface area contributed by atoms with E-state index in [0.29, 0.717) is 10.8 Å². The Morgan fingerprint density at radius 2 is 2.16 bits per heavy atom. The van der Waals surface area contributed by atoms with Crippen LogP contribution in [-0.4, -0.2) is 27.5 Å². The summed E-state index contributed by atoms with van der Waals surface area (Å²) in [5.74, 6) is 0.305. The van der Waals surface area contributed by atoms with E-state index in [2.05, 4.69) is 32.9 Å². The molecule has 1 saturated heterocycles. The molecule has 19 heavy (non-hydrogen) atoms. The fraction of sp³-hybridized carbons (Fsp3) is 0.538. The minimum Gasteiger partial charge on any atom is -0.316 e. The molecule has 1 aromatic carbocycles. The molecule has 1 aliphatic heterocycles. The van der Waals surface area contributed by atoms with Gasteiger partial charge in [0, 0.05) is 10.5 Å². The van der Waals surface area contributed by atoms with Gasteiger partial charge < -0.3 is 5.32 Å². The van der Waals surface area contributed by atoms with Crippen LogP contribution < -0.4 is 10.0 Å². The Balaban J connectivity index is 2.22. The van der Waals surface area contributed by atoms with Crippen LogP contribution in [0.5, 0.6) is 0 Å². The number of nitrogens with one attached hydrogen (secondary N) is 2. The van der Waals surface area contributed by atoms with Gasteiger partial charge in [0.25, 0.3) is 0 Å². The van der Waals surface area contributed by atoms with E-state index in [-0.39, 0.29) is 6.04 Å². The molecule has 4 nitrogen and oxygen atoms in total. The van der Waals surface area contributed by atoms with E-state index in [0.717, 1.165) is 29.5 Å². The second kappa shape index (κ2) is 5.91. The molecule has 1 aromatic rings. The van der Waals surface area contributed by atoms with Crippen molar-refractivity contribution in [1.29, 1.82) is 0 Å². The van der Waals surface area contributed by atoms with Gasteiger partial charge in [0.1, 0.15) is 0 Å². The average molecular weight is 347 g/mol. The summed E-state index contributed by atoms with van der Waals surface area (Å²) in [6, 6.07) is 5.23. The van der Waals surface area contributed by atoms with Crippen LogP contribution in [-0.2, 0) is 10.0 Å². The van der Waals surface area contributed by atoms with E-state index in [1.807, 2.05) is 13.0 Å². The number of hydrogen-bond acceptors (Lipinski definition) is 3. The first-order valence-corrected chi connectivity index (χ1v) is 8.67. The van der Waals surface area contributed by atoms with Gasteiger partial charge in [0.15, 0.2) is 0 Å². The number of hydrogen-bond donors (Lipinski definition) is 2. The van der Waals surface area contributed by atoms with Crippen LogP contribution in [0.2, 0.25) is 0 Å². The van der Waals surface area contributed by atoms with Crippen molar-refractivity contribution in [3.05, 3.63) is 28.2 Å². The van der Waals surface area contributed by atoms with Crippen molar-refractivity contribution in [2.75, 3.05) is 13.1 Å². The van der Waals surface area contributed by atoms with Crippen molar-refractivity contribution in [2.24, 2.45) is 5.92 Å². The number of rotatable bonds is 3. The molecule has 0 aromatic heterocycles. The van der Waals surface area contributed by atoms with Gasteiger partial charge in [-0.05, 0) is 56.1 Å². The van der Waals surface area contributed by atoms with E-state index in [4.69, 9.17) is 0 Å². The summed E-state index contributed by atoms with van der Waals surface area (Å²) in [6.07, 6.45) is 0.829. The number of piperidine rings is 1. The second-order valence-corrected chi connectivity index (χ2v) is 7.71. The molecule has 2 atom stereocenters. The molecular formula is C13H19BrN2O2S. The predicted molar refractivity (Wildman–Crippen MR) is 79.6 cm³/mol. The molecule has 2 rings (SSSR count). The van der Waals surface area contributed by atoms with Crippen molar-refractivity contribution >= 4 is 26.0 Å². The smallest absolute Gasteiger partial charge is 0.241 e. The molecule has 6 heteroatoms. The van der Waals surface area contributed by atoms with Crippen LogP contribution in [0.3, 0.4) is 0 Å². The Labute approximate surface area is 123 Å². The van der Waals surface area contributed by atoms with E-state index < -0.39 is 10.0 Å². The van der Waals surface area contributed by atoms with Crippen LogP contribution in [0.25, 0.3) is 0 Å². The Hall–Kier alpha value is -0.430. The molecule has 1 fully saturated rings. The van der Waals surface area contributed by atoms with Crippen LogP contribution in [0.4, 0.5) is 0 Å². The third-order valence-electron chi connectivity index (χ3n) is 3.52. The zero-order valence-electron chi connectivity index (χ0n) is 11.1. The lowest BCUT2D eigenvalue weighted by molar-refractivity contribution is 0.328. The van der Waals surface area contributed by atoms with Crippen LogP contribution >= 0.6 is 15.9 Å². The summed E-state index contributed by atoms with van der Waals surface area (Å²) in [6.45, 7) is 5.59. The van der Waals surface area contributed by atoms with Gasteiger partial charge in [-0.25, -0.2) is 13.1 Å². The summed E-state index contributed by atoms with van der Waals surface area (Å²) in [7, 11) is -3.44. The van der Waals surface area contributed by atoms with Crippen molar-refractivity contribution in [3.8, 4) is 0 Å². The number of halogens is 1. The number of aryl methyl sites for hydroxylation is 1. The second-order valence-electron chi connectivity index (χ2n) is 5.11. The molecule has 0 amide bonds. The molecule has 2 N–H and O–H groups in total. The van der Waals surface area contributed by atoms with Crippen molar-refractivity contribution < 1.29 is 8.42 Å². The first-order valence-electron chi connectivity index (χ1n) is 6.39. The number of benzene rings is 1. The predicted octanol–water partition coefficient (Wildman–Crippen LogP) is 2.03. The van der Waals surface area contributed by atoms with E-state index in [9.17, 15) is 8.42 Å². The molecule has 1 aliphatic rings. The Bertz CT molecular complexity index is 560. The maximum atomic E-state index is 12.4. The van der Waals surface area contributed by atoms with E-state index >= 15 is 0 Å². The first-order chi connectivity index (χ1) is 8.90. The van der Waals surface area contributed by atoms with E-state index in [1.54, 1.807) is 12.1 Å². The molecule has 2 unspecified atom stereocenters. The van der Waals surface area contributed by atoms with Gasteiger partial charge in [0.05, 0.1) is 4.90 Å². The fourth-order valence-electron chi connectivity index (χ4n) is 2.37. The molecule has 0 saturated carbocycles. The summed E-state index contributed by atoms with van der Waals surface area (Å²) >= 11 is 3.35. The summed E-state index contributed by atoms with van der Waals surface area (Å²) in [5, 5.41) is 3.27. The molecule has 1 heterocycles. The highest BCUT2D eigenvalue weighted by Gasteiger charge is 2.27. The zero-order chi connectivity index (χ0) is 14.0. The van der Waals surface area contributed by atoms with Crippen LogP contribution in [0.15, 0.2) is 27.6 Å². The maximum Gasteiger partial charge on any atom is 0.241 e. The summed E-state index contributed by atoms with van der Waals surface area (Å²) in [4.78, 5) is 0.362. The molecule has 106 valence electrons. The van der Waals surface area contributed by atoms with Gasteiger partial charge >= 0.3 is 0 Å².